The highest BCUT2D eigenvalue weighted by atomic mass is 19.1. The minimum absolute atomic E-state index is 0.132. The second-order valence-electron chi connectivity index (χ2n) is 6.33. The number of carbonyl (C=O) groups excluding carboxylic acids is 2. The Morgan fingerprint density at radius 1 is 1.08 bits per heavy atom. The van der Waals surface area contributed by atoms with Crippen LogP contribution >= 0.6 is 0 Å². The first kappa shape index (κ1) is 19.8. The fourth-order valence-electron chi connectivity index (χ4n) is 2.71. The molecule has 7 heteroatoms. The van der Waals surface area contributed by atoms with Crippen LogP contribution in [-0.2, 0) is 4.79 Å². The van der Waals surface area contributed by atoms with Gasteiger partial charge in [0.05, 0.1) is 6.42 Å². The van der Waals surface area contributed by atoms with Gasteiger partial charge in [-0.3, -0.25) is 9.59 Å². The number of nitrogens with one attached hydrogen (secondary N) is 2. The van der Waals surface area contributed by atoms with Crippen LogP contribution in [0.4, 0.5) is 4.39 Å². The zero-order valence-corrected chi connectivity index (χ0v) is 15.2. The number of hydrogen-bond donors (Lipinski definition) is 2. The lowest BCUT2D eigenvalue weighted by Crippen LogP contribution is -2.40. The molecule has 1 aromatic rings. The topological polar surface area (TPSA) is 82.9 Å². The van der Waals surface area contributed by atoms with Crippen molar-refractivity contribution in [2.75, 3.05) is 0 Å². The van der Waals surface area contributed by atoms with E-state index in [1.807, 2.05) is 0 Å². The van der Waals surface area contributed by atoms with Gasteiger partial charge in [0.25, 0.3) is 11.8 Å². The van der Waals surface area contributed by atoms with Gasteiger partial charge in [-0.25, -0.2) is 4.39 Å². The number of rotatable bonds is 8. The van der Waals surface area contributed by atoms with Crippen molar-refractivity contribution in [1.82, 2.24) is 10.6 Å². The maximum absolute atomic E-state index is 12.9. The molecule has 1 aliphatic heterocycles. The van der Waals surface area contributed by atoms with Crippen molar-refractivity contribution < 1.29 is 14.0 Å². The van der Waals surface area contributed by atoms with E-state index in [0.717, 1.165) is 32.1 Å². The normalized spacial score (nSPS) is 14.4. The van der Waals surface area contributed by atoms with Crippen LogP contribution in [-0.4, -0.2) is 29.4 Å². The summed E-state index contributed by atoms with van der Waals surface area (Å²) in [7, 11) is 0. The molecule has 2 amide bonds. The van der Waals surface area contributed by atoms with E-state index in [2.05, 4.69) is 34.7 Å². The van der Waals surface area contributed by atoms with Crippen LogP contribution < -0.4 is 10.6 Å². The first-order valence-electron chi connectivity index (χ1n) is 9.04. The van der Waals surface area contributed by atoms with E-state index in [1.54, 1.807) is 0 Å². The molecule has 140 valence electrons. The van der Waals surface area contributed by atoms with Gasteiger partial charge >= 0.3 is 0 Å². The van der Waals surface area contributed by atoms with E-state index in [1.165, 1.54) is 24.3 Å². The van der Waals surface area contributed by atoms with Crippen LogP contribution in [0, 0.1) is 5.82 Å². The summed E-state index contributed by atoms with van der Waals surface area (Å²) in [5.41, 5.74) is 0.603. The maximum atomic E-state index is 12.9. The predicted octanol–water partition coefficient (Wildman–Crippen LogP) is 3.19. The second-order valence-corrected chi connectivity index (χ2v) is 6.33. The monoisotopic (exact) mass is 360 g/mol. The van der Waals surface area contributed by atoms with E-state index in [-0.39, 0.29) is 24.1 Å². The van der Waals surface area contributed by atoms with Gasteiger partial charge in [-0.2, -0.15) is 0 Å². The second kappa shape index (κ2) is 9.79. The highest BCUT2D eigenvalue weighted by Gasteiger charge is 2.23. The third-order valence-corrected chi connectivity index (χ3v) is 4.13. The van der Waals surface area contributed by atoms with Gasteiger partial charge in [0, 0.05) is 11.6 Å². The summed E-state index contributed by atoms with van der Waals surface area (Å²) in [6.45, 7) is 4.21. The maximum Gasteiger partial charge on any atom is 0.268 e. The average Bonchev–Trinajstić information content (AvgIpc) is 3.09. The van der Waals surface area contributed by atoms with Crippen LogP contribution in [0.5, 0.6) is 0 Å². The lowest BCUT2D eigenvalue weighted by molar-refractivity contribution is -0.115. The Labute approximate surface area is 153 Å². The summed E-state index contributed by atoms with van der Waals surface area (Å²) in [6, 6.07) is 5.33. The van der Waals surface area contributed by atoms with Gasteiger partial charge in [0.2, 0.25) is 0 Å². The fraction of sp³-hybridized carbons (Fsp3) is 0.474. The third kappa shape index (κ3) is 5.75. The SMILES string of the molecule is CCCCC(CCC)NC(=O)C1=NN=C(NC(=O)c2ccc(F)cc2)C1. The largest absolute Gasteiger partial charge is 0.348 e. The molecular weight excluding hydrogens is 335 g/mol. The number of benzene rings is 1. The third-order valence-electron chi connectivity index (χ3n) is 4.13. The molecule has 0 bridgehead atoms. The molecule has 6 nitrogen and oxygen atoms in total. The van der Waals surface area contributed by atoms with Crippen LogP contribution in [0.15, 0.2) is 34.5 Å². The number of halogens is 1. The van der Waals surface area contributed by atoms with Gasteiger partial charge in [0.15, 0.2) is 0 Å². The summed E-state index contributed by atoms with van der Waals surface area (Å²) in [5.74, 6) is -0.751. The molecule has 1 unspecified atom stereocenters. The van der Waals surface area contributed by atoms with Gasteiger partial charge in [-0.15, -0.1) is 10.2 Å². The molecule has 2 N–H and O–H groups in total. The van der Waals surface area contributed by atoms with Crippen molar-refractivity contribution in [3.63, 3.8) is 0 Å². The molecule has 1 atom stereocenters. The number of amides is 2. The summed E-state index contributed by atoms with van der Waals surface area (Å²) < 4.78 is 12.9. The smallest absolute Gasteiger partial charge is 0.268 e. The molecule has 1 heterocycles. The van der Waals surface area contributed by atoms with Crippen LogP contribution in [0.1, 0.15) is 62.7 Å². The molecule has 1 aliphatic rings. The molecular formula is C19H25FN4O2. The Kier molecular flexibility index (Phi) is 7.44. The number of hydrogen-bond acceptors (Lipinski definition) is 4. The quantitative estimate of drug-likeness (QED) is 0.746. The highest BCUT2D eigenvalue weighted by molar-refractivity contribution is 6.43. The van der Waals surface area contributed by atoms with Crippen molar-refractivity contribution in [2.24, 2.45) is 10.2 Å². The minimum Gasteiger partial charge on any atom is -0.348 e. The van der Waals surface area contributed by atoms with Crippen molar-refractivity contribution >= 4 is 23.4 Å². The van der Waals surface area contributed by atoms with Gasteiger partial charge in [-0.1, -0.05) is 33.1 Å². The highest BCUT2D eigenvalue weighted by Crippen LogP contribution is 2.09. The summed E-state index contributed by atoms with van der Waals surface area (Å²) in [6.07, 6.45) is 5.18. The Bertz CT molecular complexity index is 698. The standard InChI is InChI=1S/C19H25FN4O2/c1-3-5-7-15(6-4-2)21-19(26)16-12-17(24-23-16)22-18(25)13-8-10-14(20)11-9-13/h8-11,15H,3-7,12H2,1-2H3,(H,21,26)(H,22,24,25). The molecule has 2 rings (SSSR count). The molecule has 26 heavy (non-hydrogen) atoms. The van der Waals surface area contributed by atoms with E-state index < -0.39 is 11.7 Å². The van der Waals surface area contributed by atoms with Crippen LogP contribution in [0.25, 0.3) is 0 Å². The summed E-state index contributed by atoms with van der Waals surface area (Å²) >= 11 is 0. The molecule has 1 aromatic carbocycles. The molecule has 0 saturated heterocycles. The lowest BCUT2D eigenvalue weighted by atomic mass is 10.0. The molecule has 0 fully saturated rings. The number of nitrogens with zero attached hydrogens (tertiary/aromatic N) is 2. The summed E-state index contributed by atoms with van der Waals surface area (Å²) in [5, 5.41) is 13.4. The van der Waals surface area contributed by atoms with Crippen molar-refractivity contribution in [1.29, 1.82) is 0 Å². The molecule has 0 saturated carbocycles. The fourth-order valence-corrected chi connectivity index (χ4v) is 2.71. The molecule has 0 radical (unpaired) electrons. The molecule has 0 aromatic heterocycles. The van der Waals surface area contributed by atoms with Crippen molar-refractivity contribution in [3.05, 3.63) is 35.6 Å². The summed E-state index contributed by atoms with van der Waals surface area (Å²) in [4.78, 5) is 24.5. The Balaban J connectivity index is 1.85. The van der Waals surface area contributed by atoms with Gasteiger partial charge in [-0.05, 0) is 37.1 Å². The van der Waals surface area contributed by atoms with E-state index in [0.29, 0.717) is 11.4 Å². The van der Waals surface area contributed by atoms with Gasteiger partial charge < -0.3 is 10.6 Å². The van der Waals surface area contributed by atoms with Gasteiger partial charge in [0.1, 0.15) is 17.4 Å². The Morgan fingerprint density at radius 3 is 2.46 bits per heavy atom. The number of carbonyl (C=O) groups is 2. The predicted molar refractivity (Wildman–Crippen MR) is 99.7 cm³/mol. The zero-order chi connectivity index (χ0) is 18.9. The Morgan fingerprint density at radius 2 is 1.81 bits per heavy atom. The van der Waals surface area contributed by atoms with Crippen LogP contribution in [0.2, 0.25) is 0 Å². The molecule has 0 spiro atoms. The van der Waals surface area contributed by atoms with Crippen molar-refractivity contribution in [3.8, 4) is 0 Å². The van der Waals surface area contributed by atoms with Crippen LogP contribution in [0.3, 0.4) is 0 Å². The number of unbranched alkanes of at least 4 members (excludes halogenated alkanes) is 1. The lowest BCUT2D eigenvalue weighted by Gasteiger charge is -2.17. The number of amidine groups is 1. The zero-order valence-electron chi connectivity index (χ0n) is 15.2. The first-order chi connectivity index (χ1) is 12.5. The van der Waals surface area contributed by atoms with E-state index >= 15 is 0 Å². The first-order valence-corrected chi connectivity index (χ1v) is 9.04. The van der Waals surface area contributed by atoms with Crippen molar-refractivity contribution in [2.45, 2.75) is 58.4 Å². The average molecular weight is 360 g/mol. The molecule has 0 aliphatic carbocycles. The van der Waals surface area contributed by atoms with E-state index in [9.17, 15) is 14.0 Å². The minimum atomic E-state index is -0.410. The Hall–Kier alpha value is -2.57. The van der Waals surface area contributed by atoms with E-state index in [4.69, 9.17) is 0 Å².